The van der Waals surface area contributed by atoms with Gasteiger partial charge in [-0.1, -0.05) is 6.58 Å². The quantitative estimate of drug-likeness (QED) is 0.386. The van der Waals surface area contributed by atoms with Crippen molar-refractivity contribution in [2.75, 3.05) is 13.2 Å². The van der Waals surface area contributed by atoms with Crippen molar-refractivity contribution in [3.05, 3.63) is 12.2 Å². The van der Waals surface area contributed by atoms with E-state index in [0.717, 1.165) is 12.8 Å². The zero-order valence-corrected chi connectivity index (χ0v) is 14.7. The molecule has 7 heteroatoms. The molecule has 2 N–H and O–H groups in total. The summed E-state index contributed by atoms with van der Waals surface area (Å²) in [6, 6.07) is 0. The number of ether oxygens (including phenoxy) is 4. The molecule has 0 bridgehead atoms. The average Bonchev–Trinajstić information content (AvgIpc) is 2.88. The van der Waals surface area contributed by atoms with Gasteiger partial charge in [0.25, 0.3) is 0 Å². The number of hydrogen-bond acceptors (Lipinski definition) is 7. The van der Waals surface area contributed by atoms with Gasteiger partial charge in [-0.3, -0.25) is 0 Å². The Labute approximate surface area is 147 Å². The third kappa shape index (κ3) is 4.60. The highest BCUT2D eigenvalue weighted by molar-refractivity contribution is 5.86. The van der Waals surface area contributed by atoms with Gasteiger partial charge in [-0.2, -0.15) is 0 Å². The summed E-state index contributed by atoms with van der Waals surface area (Å²) >= 11 is 0. The third-order valence-electron chi connectivity index (χ3n) is 5.18. The third-order valence-corrected chi connectivity index (χ3v) is 5.18. The fourth-order valence-electron chi connectivity index (χ4n) is 3.21. The first-order valence-electron chi connectivity index (χ1n) is 9.03. The van der Waals surface area contributed by atoms with Crippen LogP contribution in [0.25, 0.3) is 0 Å². The number of hydrogen-bond donors (Lipinski definition) is 2. The van der Waals surface area contributed by atoms with Crippen LogP contribution in [0.1, 0.15) is 51.9 Å². The number of carbonyl (C=O) groups is 1. The van der Waals surface area contributed by atoms with Crippen LogP contribution < -0.4 is 0 Å². The van der Waals surface area contributed by atoms with Gasteiger partial charge < -0.3 is 29.2 Å². The standard InChI is InChI=1S/C18H28O7/c1-12(2)16(19)22-11-15-14(25-18(21)7-4-8-18)9-13(24-15)10-23-17(20)5-3-6-17/h13-15,20-21H,1,3-11H2,2H3. The van der Waals surface area contributed by atoms with Crippen molar-refractivity contribution in [3.8, 4) is 0 Å². The average molecular weight is 356 g/mol. The van der Waals surface area contributed by atoms with Gasteiger partial charge in [0.2, 0.25) is 0 Å². The SMILES string of the molecule is C=C(C)C(=O)OCC1OC(COC2(O)CCC2)CC1OC1(O)CCC1. The molecule has 25 heavy (non-hydrogen) atoms. The monoisotopic (exact) mass is 356 g/mol. The number of rotatable bonds is 8. The Morgan fingerprint density at radius 3 is 2.32 bits per heavy atom. The number of carbonyl (C=O) groups excluding carboxylic acids is 1. The highest BCUT2D eigenvalue weighted by Gasteiger charge is 2.45. The van der Waals surface area contributed by atoms with Crippen molar-refractivity contribution in [1.82, 2.24) is 0 Å². The molecule has 3 atom stereocenters. The first-order valence-corrected chi connectivity index (χ1v) is 9.03. The maximum atomic E-state index is 11.6. The minimum atomic E-state index is -1.10. The molecule has 0 aromatic carbocycles. The Bertz CT molecular complexity index is 510. The van der Waals surface area contributed by atoms with Crippen LogP contribution in [-0.4, -0.2) is 59.3 Å². The molecule has 0 spiro atoms. The molecule has 2 saturated carbocycles. The van der Waals surface area contributed by atoms with Crippen LogP contribution in [0.15, 0.2) is 12.2 Å². The van der Waals surface area contributed by atoms with Gasteiger partial charge >= 0.3 is 5.97 Å². The molecule has 1 saturated heterocycles. The summed E-state index contributed by atoms with van der Waals surface area (Å²) < 4.78 is 22.5. The van der Waals surface area contributed by atoms with E-state index in [9.17, 15) is 15.0 Å². The lowest BCUT2D eigenvalue weighted by atomic mass is 9.91. The molecule has 7 nitrogen and oxygen atoms in total. The molecule has 0 radical (unpaired) electrons. The Hall–Kier alpha value is -0.990. The first-order chi connectivity index (χ1) is 11.8. The van der Waals surface area contributed by atoms with E-state index in [-0.39, 0.29) is 25.4 Å². The second-order valence-corrected chi connectivity index (χ2v) is 7.48. The molecule has 1 aliphatic heterocycles. The lowest BCUT2D eigenvalue weighted by Crippen LogP contribution is -2.45. The molecule has 0 aromatic rings. The minimum absolute atomic E-state index is 0.0349. The van der Waals surface area contributed by atoms with Crippen LogP contribution in [0, 0.1) is 0 Å². The Morgan fingerprint density at radius 2 is 1.80 bits per heavy atom. The summed E-state index contributed by atoms with van der Waals surface area (Å²) in [6.45, 7) is 5.42. The van der Waals surface area contributed by atoms with E-state index in [1.54, 1.807) is 6.92 Å². The summed E-state index contributed by atoms with van der Waals surface area (Å²) in [4.78, 5) is 11.6. The predicted octanol–water partition coefficient (Wildman–Crippen LogP) is 1.41. The maximum absolute atomic E-state index is 11.6. The molecule has 3 unspecified atom stereocenters. The fourth-order valence-corrected chi connectivity index (χ4v) is 3.21. The van der Waals surface area contributed by atoms with E-state index < -0.39 is 23.6 Å². The largest absolute Gasteiger partial charge is 0.459 e. The Morgan fingerprint density at radius 1 is 1.16 bits per heavy atom. The van der Waals surface area contributed by atoms with Crippen molar-refractivity contribution < 1.29 is 34.0 Å². The van der Waals surface area contributed by atoms with E-state index in [2.05, 4.69) is 6.58 Å². The summed E-state index contributed by atoms with van der Waals surface area (Å²) in [7, 11) is 0. The summed E-state index contributed by atoms with van der Waals surface area (Å²) in [5.41, 5.74) is 0.320. The topological polar surface area (TPSA) is 94.5 Å². The number of esters is 1. The van der Waals surface area contributed by atoms with Gasteiger partial charge in [0.05, 0.1) is 18.8 Å². The van der Waals surface area contributed by atoms with Crippen molar-refractivity contribution in [3.63, 3.8) is 0 Å². The Balaban J connectivity index is 1.54. The van der Waals surface area contributed by atoms with E-state index >= 15 is 0 Å². The highest BCUT2D eigenvalue weighted by atomic mass is 16.7. The predicted molar refractivity (Wildman–Crippen MR) is 87.5 cm³/mol. The van der Waals surface area contributed by atoms with Crippen LogP contribution in [0.3, 0.4) is 0 Å². The molecule has 2 aliphatic carbocycles. The minimum Gasteiger partial charge on any atom is -0.459 e. The van der Waals surface area contributed by atoms with Crippen LogP contribution in [0.2, 0.25) is 0 Å². The summed E-state index contributed by atoms with van der Waals surface area (Å²) in [5.74, 6) is -2.61. The molecule has 3 rings (SSSR count). The highest BCUT2D eigenvalue weighted by Crippen LogP contribution is 2.38. The van der Waals surface area contributed by atoms with Crippen molar-refractivity contribution in [2.24, 2.45) is 0 Å². The van der Waals surface area contributed by atoms with E-state index in [1.807, 2.05) is 0 Å². The van der Waals surface area contributed by atoms with E-state index in [4.69, 9.17) is 18.9 Å². The van der Waals surface area contributed by atoms with Crippen molar-refractivity contribution in [2.45, 2.75) is 81.8 Å². The fraction of sp³-hybridized carbons (Fsp3) is 0.833. The first kappa shape index (κ1) is 18.8. The van der Waals surface area contributed by atoms with Crippen LogP contribution in [0.5, 0.6) is 0 Å². The number of aliphatic hydroxyl groups is 2. The molecular formula is C18H28O7. The van der Waals surface area contributed by atoms with Gasteiger partial charge in [0, 0.05) is 37.7 Å². The van der Waals surface area contributed by atoms with Crippen molar-refractivity contribution >= 4 is 5.97 Å². The summed E-state index contributed by atoms with van der Waals surface area (Å²) in [6.07, 6.45) is 3.76. The maximum Gasteiger partial charge on any atom is 0.333 e. The molecule has 3 aliphatic rings. The molecule has 1 heterocycles. The van der Waals surface area contributed by atoms with Gasteiger partial charge in [0.15, 0.2) is 11.6 Å². The van der Waals surface area contributed by atoms with Gasteiger partial charge in [-0.25, -0.2) is 4.79 Å². The normalized spacial score (nSPS) is 32.5. The second kappa shape index (κ2) is 7.32. The zero-order chi connectivity index (χ0) is 18.1. The van der Waals surface area contributed by atoms with Crippen LogP contribution in [-0.2, 0) is 23.7 Å². The van der Waals surface area contributed by atoms with E-state index in [1.165, 1.54) is 0 Å². The molecule has 0 amide bonds. The molecular weight excluding hydrogens is 328 g/mol. The van der Waals surface area contributed by atoms with Gasteiger partial charge in [0.1, 0.15) is 12.7 Å². The van der Waals surface area contributed by atoms with Crippen LogP contribution >= 0.6 is 0 Å². The molecule has 142 valence electrons. The van der Waals surface area contributed by atoms with Crippen LogP contribution in [0.4, 0.5) is 0 Å². The second-order valence-electron chi connectivity index (χ2n) is 7.48. The smallest absolute Gasteiger partial charge is 0.333 e. The van der Waals surface area contributed by atoms with Gasteiger partial charge in [-0.15, -0.1) is 0 Å². The van der Waals surface area contributed by atoms with E-state index in [0.29, 0.717) is 37.7 Å². The lowest BCUT2D eigenvalue weighted by molar-refractivity contribution is -0.276. The van der Waals surface area contributed by atoms with Gasteiger partial charge in [-0.05, 0) is 19.8 Å². The van der Waals surface area contributed by atoms with Crippen molar-refractivity contribution in [1.29, 1.82) is 0 Å². The molecule has 0 aromatic heterocycles. The molecule has 3 fully saturated rings. The lowest BCUT2D eigenvalue weighted by Gasteiger charge is -2.39. The zero-order valence-electron chi connectivity index (χ0n) is 14.7. The Kier molecular flexibility index (Phi) is 5.51. The summed E-state index contributed by atoms with van der Waals surface area (Å²) in [5, 5.41) is 20.3.